The van der Waals surface area contributed by atoms with Gasteiger partial charge in [-0.05, 0) is 42.8 Å². The van der Waals surface area contributed by atoms with Gasteiger partial charge < -0.3 is 15.4 Å². The van der Waals surface area contributed by atoms with Crippen LogP contribution in [0.5, 0.6) is 0 Å². The van der Waals surface area contributed by atoms with E-state index >= 15 is 0 Å². The molecule has 3 rings (SSSR count). The Morgan fingerprint density at radius 1 is 1.22 bits per heavy atom. The number of rotatable bonds is 5. The van der Waals surface area contributed by atoms with Crippen LogP contribution in [0, 0.1) is 0 Å². The number of esters is 1. The standard InChI is InChI=1S/C19H17ClN2O4S/c1-11-18(24)22-15-8-13(4-7-16(15)27-11)19(25)26-10-17(23)21-9-12-2-5-14(20)6-3-12/h2-8,11H,9-10H2,1H3,(H,21,23)(H,22,24)/t11-/m0/s1. The third-order valence-electron chi connectivity index (χ3n) is 3.88. The Hall–Kier alpha value is -2.51. The molecule has 1 aliphatic rings. The molecule has 0 aromatic heterocycles. The third kappa shape index (κ3) is 5.02. The Balaban J connectivity index is 1.51. The first-order valence-electron chi connectivity index (χ1n) is 8.22. The normalized spacial score (nSPS) is 15.5. The number of amides is 2. The van der Waals surface area contributed by atoms with Crippen molar-refractivity contribution in [2.24, 2.45) is 0 Å². The molecule has 1 aliphatic heterocycles. The molecule has 0 bridgehead atoms. The Kier molecular flexibility index (Phi) is 6.03. The highest BCUT2D eigenvalue weighted by Crippen LogP contribution is 2.35. The van der Waals surface area contributed by atoms with Gasteiger partial charge in [0.2, 0.25) is 5.91 Å². The van der Waals surface area contributed by atoms with Crippen LogP contribution >= 0.6 is 23.4 Å². The van der Waals surface area contributed by atoms with Crippen molar-refractivity contribution in [3.05, 3.63) is 58.6 Å². The Labute approximate surface area is 165 Å². The SMILES string of the molecule is C[C@@H]1Sc2ccc(C(=O)OCC(=O)NCc3ccc(Cl)cc3)cc2NC1=O. The average Bonchev–Trinajstić information content (AvgIpc) is 2.66. The summed E-state index contributed by atoms with van der Waals surface area (Å²) in [7, 11) is 0. The van der Waals surface area contributed by atoms with Crippen molar-refractivity contribution in [2.75, 3.05) is 11.9 Å². The molecular formula is C19H17ClN2O4S. The number of hydrogen-bond donors (Lipinski definition) is 2. The van der Waals surface area contributed by atoms with Crippen molar-refractivity contribution >= 4 is 46.8 Å². The molecule has 8 heteroatoms. The number of benzene rings is 2. The minimum atomic E-state index is -0.627. The lowest BCUT2D eigenvalue weighted by atomic mass is 10.2. The van der Waals surface area contributed by atoms with Gasteiger partial charge in [0.05, 0.1) is 16.5 Å². The zero-order valence-corrected chi connectivity index (χ0v) is 16.0. The zero-order valence-electron chi connectivity index (χ0n) is 14.5. The van der Waals surface area contributed by atoms with Crippen LogP contribution in [0.4, 0.5) is 5.69 Å². The van der Waals surface area contributed by atoms with Crippen molar-refractivity contribution in [3.63, 3.8) is 0 Å². The lowest BCUT2D eigenvalue weighted by Gasteiger charge is -2.21. The summed E-state index contributed by atoms with van der Waals surface area (Å²) in [6.45, 7) is 1.74. The first-order chi connectivity index (χ1) is 12.9. The summed E-state index contributed by atoms with van der Waals surface area (Å²) in [5.74, 6) is -1.15. The van der Waals surface area contributed by atoms with E-state index in [1.807, 2.05) is 6.92 Å². The van der Waals surface area contributed by atoms with Gasteiger partial charge in [-0.1, -0.05) is 23.7 Å². The molecule has 0 saturated heterocycles. The van der Waals surface area contributed by atoms with Gasteiger partial charge in [0.1, 0.15) is 0 Å². The van der Waals surface area contributed by atoms with E-state index in [0.29, 0.717) is 17.3 Å². The monoisotopic (exact) mass is 404 g/mol. The fourth-order valence-electron chi connectivity index (χ4n) is 2.40. The molecule has 2 N–H and O–H groups in total. The van der Waals surface area contributed by atoms with E-state index in [4.69, 9.17) is 16.3 Å². The molecule has 0 radical (unpaired) electrons. The minimum Gasteiger partial charge on any atom is -0.452 e. The molecular weight excluding hydrogens is 388 g/mol. The maximum Gasteiger partial charge on any atom is 0.338 e. The molecule has 0 saturated carbocycles. The van der Waals surface area contributed by atoms with Crippen molar-refractivity contribution < 1.29 is 19.1 Å². The average molecular weight is 405 g/mol. The van der Waals surface area contributed by atoms with Crippen molar-refractivity contribution in [1.82, 2.24) is 5.32 Å². The van der Waals surface area contributed by atoms with E-state index < -0.39 is 11.9 Å². The van der Waals surface area contributed by atoms with Gasteiger partial charge in [0.25, 0.3) is 5.91 Å². The predicted molar refractivity (Wildman–Crippen MR) is 104 cm³/mol. The molecule has 2 amide bonds. The molecule has 0 spiro atoms. The van der Waals surface area contributed by atoms with Gasteiger partial charge in [-0.25, -0.2) is 4.79 Å². The largest absolute Gasteiger partial charge is 0.452 e. The van der Waals surface area contributed by atoms with Gasteiger partial charge in [0.15, 0.2) is 6.61 Å². The first kappa shape index (κ1) is 19.3. The lowest BCUT2D eigenvalue weighted by Crippen LogP contribution is -2.28. The van der Waals surface area contributed by atoms with Crippen molar-refractivity contribution in [3.8, 4) is 0 Å². The summed E-state index contributed by atoms with van der Waals surface area (Å²) in [5, 5.41) is 5.86. The molecule has 140 valence electrons. The second-order valence-corrected chi connectivity index (χ2v) is 7.76. The van der Waals surface area contributed by atoms with E-state index in [2.05, 4.69) is 10.6 Å². The maximum atomic E-state index is 12.2. The summed E-state index contributed by atoms with van der Waals surface area (Å²) in [6, 6.07) is 12.0. The highest BCUT2D eigenvalue weighted by Gasteiger charge is 2.24. The minimum absolute atomic E-state index is 0.111. The molecule has 2 aromatic rings. The van der Waals surface area contributed by atoms with Gasteiger partial charge in [-0.15, -0.1) is 11.8 Å². The molecule has 1 atom stereocenters. The second kappa shape index (κ2) is 8.45. The smallest absolute Gasteiger partial charge is 0.338 e. The Morgan fingerprint density at radius 2 is 1.96 bits per heavy atom. The summed E-state index contributed by atoms with van der Waals surface area (Å²) in [5.41, 5.74) is 1.73. The molecule has 0 unspecified atom stereocenters. The van der Waals surface area contributed by atoms with Crippen molar-refractivity contribution in [1.29, 1.82) is 0 Å². The highest BCUT2D eigenvalue weighted by molar-refractivity contribution is 8.00. The van der Waals surface area contributed by atoms with Crippen LogP contribution < -0.4 is 10.6 Å². The van der Waals surface area contributed by atoms with Gasteiger partial charge in [-0.3, -0.25) is 9.59 Å². The van der Waals surface area contributed by atoms with Crippen LogP contribution in [0.15, 0.2) is 47.4 Å². The molecule has 6 nitrogen and oxygen atoms in total. The number of halogens is 1. The van der Waals surface area contributed by atoms with E-state index in [0.717, 1.165) is 10.5 Å². The maximum absolute atomic E-state index is 12.2. The number of carbonyl (C=O) groups excluding carboxylic acids is 3. The van der Waals surface area contributed by atoms with E-state index in [9.17, 15) is 14.4 Å². The number of ether oxygens (including phenoxy) is 1. The fraction of sp³-hybridized carbons (Fsp3) is 0.211. The van der Waals surface area contributed by atoms with Crippen LogP contribution in [0.2, 0.25) is 5.02 Å². The Bertz CT molecular complexity index is 886. The predicted octanol–water partition coefficient (Wildman–Crippen LogP) is 3.25. The fourth-order valence-corrected chi connectivity index (χ4v) is 3.46. The number of fused-ring (bicyclic) bond motifs is 1. The molecule has 2 aromatic carbocycles. The molecule has 1 heterocycles. The van der Waals surface area contributed by atoms with Gasteiger partial charge in [0, 0.05) is 16.5 Å². The van der Waals surface area contributed by atoms with E-state index in [-0.39, 0.29) is 23.3 Å². The number of thioether (sulfide) groups is 1. The van der Waals surface area contributed by atoms with Crippen LogP contribution in [-0.2, 0) is 20.9 Å². The van der Waals surface area contributed by atoms with Crippen LogP contribution in [0.3, 0.4) is 0 Å². The van der Waals surface area contributed by atoms with Crippen LogP contribution in [0.1, 0.15) is 22.8 Å². The third-order valence-corrected chi connectivity index (χ3v) is 5.31. The lowest BCUT2D eigenvalue weighted by molar-refractivity contribution is -0.124. The number of carbonyl (C=O) groups is 3. The zero-order chi connectivity index (χ0) is 19.4. The van der Waals surface area contributed by atoms with Gasteiger partial charge >= 0.3 is 5.97 Å². The Morgan fingerprint density at radius 3 is 2.70 bits per heavy atom. The summed E-state index contributed by atoms with van der Waals surface area (Å²) < 4.78 is 5.04. The summed E-state index contributed by atoms with van der Waals surface area (Å²) >= 11 is 7.23. The van der Waals surface area contributed by atoms with Crippen LogP contribution in [-0.4, -0.2) is 29.6 Å². The quantitative estimate of drug-likeness (QED) is 0.747. The van der Waals surface area contributed by atoms with Crippen molar-refractivity contribution in [2.45, 2.75) is 23.6 Å². The highest BCUT2D eigenvalue weighted by atomic mass is 35.5. The van der Waals surface area contributed by atoms with E-state index in [1.165, 1.54) is 11.8 Å². The number of nitrogens with one attached hydrogen (secondary N) is 2. The van der Waals surface area contributed by atoms with Crippen LogP contribution in [0.25, 0.3) is 0 Å². The summed E-state index contributed by atoms with van der Waals surface area (Å²) in [6.07, 6.45) is 0. The first-order valence-corrected chi connectivity index (χ1v) is 9.48. The number of hydrogen-bond acceptors (Lipinski definition) is 5. The summed E-state index contributed by atoms with van der Waals surface area (Å²) in [4.78, 5) is 36.7. The van der Waals surface area contributed by atoms with E-state index in [1.54, 1.807) is 42.5 Å². The second-order valence-electron chi connectivity index (χ2n) is 5.94. The molecule has 27 heavy (non-hydrogen) atoms. The molecule has 0 fully saturated rings. The molecule has 0 aliphatic carbocycles. The van der Waals surface area contributed by atoms with Gasteiger partial charge in [-0.2, -0.15) is 0 Å². The topological polar surface area (TPSA) is 84.5 Å². The number of anilines is 1.